The predicted molar refractivity (Wildman–Crippen MR) is 294 cm³/mol. The molecule has 71 heavy (non-hydrogen) atoms. The second kappa shape index (κ2) is 23.9. The molecule has 0 aliphatic carbocycles. The molecular formula is C58H49Cl3N10. The topological polar surface area (TPSA) is 99.1 Å². The van der Waals surface area contributed by atoms with Crippen LogP contribution in [-0.2, 0) is 0 Å². The molecule has 0 aliphatic rings. The lowest BCUT2D eigenvalue weighted by atomic mass is 10.2. The Hall–Kier alpha value is -8.15. The monoisotopic (exact) mass is 990 g/mol. The number of anilines is 11. The van der Waals surface area contributed by atoms with Crippen LogP contribution in [0.4, 0.5) is 63.3 Å². The molecule has 0 fully saturated rings. The molecule has 0 atom stereocenters. The van der Waals surface area contributed by atoms with Gasteiger partial charge in [-0.25, -0.2) is 0 Å². The molecular weight excluding hydrogens is 943 g/mol. The summed E-state index contributed by atoms with van der Waals surface area (Å²) in [6.07, 6.45) is 0. The number of aromatic nitrogens is 6. The van der Waals surface area contributed by atoms with Gasteiger partial charge in [-0.05, 0) is 182 Å². The van der Waals surface area contributed by atoms with Crippen molar-refractivity contribution in [1.29, 1.82) is 0 Å². The first kappa shape index (κ1) is 49.3. The number of nitrogens with zero attached hydrogens (tertiary/aromatic N) is 9. The summed E-state index contributed by atoms with van der Waals surface area (Å²) in [5.74, 6) is 1.48. The molecule has 0 radical (unpaired) electrons. The summed E-state index contributed by atoms with van der Waals surface area (Å²) in [5.41, 5.74) is 12.6. The van der Waals surface area contributed by atoms with Gasteiger partial charge in [-0.15, -0.1) is 0 Å². The van der Waals surface area contributed by atoms with Crippen molar-refractivity contribution in [3.8, 4) is 0 Å². The molecule has 8 aromatic carbocycles. The van der Waals surface area contributed by atoms with Gasteiger partial charge in [0.2, 0.25) is 33.7 Å². The third-order valence-electron chi connectivity index (χ3n) is 10.7. The van der Waals surface area contributed by atoms with Crippen LogP contribution in [0, 0.1) is 27.7 Å². The van der Waals surface area contributed by atoms with E-state index in [4.69, 9.17) is 49.8 Å². The summed E-state index contributed by atoms with van der Waals surface area (Å²) in [7, 11) is 0. The molecule has 10 aromatic rings. The highest BCUT2D eigenvalue weighted by atomic mass is 35.5. The fourth-order valence-electron chi connectivity index (χ4n) is 7.53. The van der Waals surface area contributed by atoms with Gasteiger partial charge in [0.05, 0.1) is 0 Å². The second-order valence-corrected chi connectivity index (χ2v) is 17.3. The maximum atomic E-state index is 5.32. The van der Waals surface area contributed by atoms with E-state index in [1.165, 1.54) is 5.56 Å². The molecule has 2 heterocycles. The van der Waals surface area contributed by atoms with Crippen LogP contribution in [0.25, 0.3) is 0 Å². The largest absolute Gasteiger partial charge is 0.356 e. The SMILES string of the molecule is Cc1cccc(N(c2ccccc2)c2nc(N(c3ccccc3)c3cccc(C)c3)nc(N(c3ccccc3)c3cccc(C)c3)n2)c1.Cc1cccc(Nc2ccccc2)c1.Clc1nc(Cl)nc(Cl)n1. The first-order chi connectivity index (χ1) is 34.6. The van der Waals surface area contributed by atoms with Gasteiger partial charge >= 0.3 is 0 Å². The summed E-state index contributed by atoms with van der Waals surface area (Å²) in [6.45, 7) is 8.39. The number of hydrogen-bond acceptors (Lipinski definition) is 10. The first-order valence-corrected chi connectivity index (χ1v) is 23.8. The summed E-state index contributed by atoms with van der Waals surface area (Å²) >= 11 is 16.0. The van der Waals surface area contributed by atoms with Crippen LogP contribution in [0.2, 0.25) is 15.9 Å². The molecule has 0 saturated heterocycles. The van der Waals surface area contributed by atoms with Gasteiger partial charge in [0.25, 0.3) is 0 Å². The summed E-state index contributed by atoms with van der Waals surface area (Å²) in [6, 6.07) is 74.5. The molecule has 0 spiro atoms. The lowest BCUT2D eigenvalue weighted by Crippen LogP contribution is -2.22. The first-order valence-electron chi connectivity index (χ1n) is 22.7. The van der Waals surface area contributed by atoms with Gasteiger partial charge in [-0.2, -0.15) is 29.9 Å². The van der Waals surface area contributed by atoms with E-state index in [1.54, 1.807) is 0 Å². The van der Waals surface area contributed by atoms with Gasteiger partial charge in [-0.3, -0.25) is 14.7 Å². The zero-order chi connectivity index (χ0) is 49.5. The zero-order valence-corrected chi connectivity index (χ0v) is 41.7. The zero-order valence-electron chi connectivity index (χ0n) is 39.4. The van der Waals surface area contributed by atoms with Crippen molar-refractivity contribution in [1.82, 2.24) is 29.9 Å². The van der Waals surface area contributed by atoms with Gasteiger partial charge in [0.15, 0.2) is 0 Å². The number of halogens is 3. The molecule has 13 heteroatoms. The van der Waals surface area contributed by atoms with E-state index < -0.39 is 0 Å². The van der Waals surface area contributed by atoms with Crippen molar-refractivity contribution in [3.05, 3.63) is 256 Å². The van der Waals surface area contributed by atoms with E-state index in [0.717, 1.165) is 62.2 Å². The molecule has 0 bridgehead atoms. The minimum absolute atomic E-state index is 0.000000000000000444. The van der Waals surface area contributed by atoms with Gasteiger partial charge in [0, 0.05) is 45.5 Å². The average Bonchev–Trinajstić information content (AvgIpc) is 3.36. The van der Waals surface area contributed by atoms with Crippen LogP contribution in [0.3, 0.4) is 0 Å². The highest BCUT2D eigenvalue weighted by molar-refractivity contribution is 6.33. The lowest BCUT2D eigenvalue weighted by molar-refractivity contribution is 0.961. The Kier molecular flexibility index (Phi) is 16.6. The van der Waals surface area contributed by atoms with Crippen molar-refractivity contribution < 1.29 is 0 Å². The van der Waals surface area contributed by atoms with Gasteiger partial charge < -0.3 is 5.32 Å². The second-order valence-electron chi connectivity index (χ2n) is 16.3. The molecule has 2 aromatic heterocycles. The smallest absolute Gasteiger partial charge is 0.241 e. The lowest BCUT2D eigenvalue weighted by Gasteiger charge is -2.30. The molecule has 352 valence electrons. The van der Waals surface area contributed by atoms with Crippen LogP contribution in [0.1, 0.15) is 22.3 Å². The third kappa shape index (κ3) is 13.6. The molecule has 0 amide bonds. The van der Waals surface area contributed by atoms with Crippen LogP contribution in [0.5, 0.6) is 0 Å². The van der Waals surface area contributed by atoms with E-state index in [1.807, 2.05) is 72.8 Å². The maximum Gasteiger partial charge on any atom is 0.241 e. The number of para-hydroxylation sites is 4. The third-order valence-corrected chi connectivity index (χ3v) is 11.2. The standard InChI is InChI=1S/C42H36N6.C13H13N.C3Cl3N3/c1-31-16-13-25-37(28-31)46(34-19-7-4-8-20-34)40-43-41(47(35-21-9-5-10-22-35)38-26-14-17-32(2)29-38)45-42(44-40)48(36-23-11-6-12-24-36)39-27-15-18-33(3)30-39;1-11-6-5-9-13(10-11)14-12-7-3-2-4-8-12;4-1-7-2(5)9-3(6)8-1/h4-30H,1-3H3;2-10,14H,1H3;. The average molecular weight is 992 g/mol. The van der Waals surface area contributed by atoms with Crippen molar-refractivity contribution >= 4 is 98.1 Å². The normalized spacial score (nSPS) is 10.5. The van der Waals surface area contributed by atoms with Crippen molar-refractivity contribution in [2.24, 2.45) is 0 Å². The molecule has 1 N–H and O–H groups in total. The Balaban J connectivity index is 0.000000239. The fourth-order valence-corrected chi connectivity index (χ4v) is 8.14. The number of rotatable bonds is 11. The molecule has 0 unspecified atom stereocenters. The van der Waals surface area contributed by atoms with Crippen LogP contribution in [-0.4, -0.2) is 29.9 Å². The molecule has 10 rings (SSSR count). The van der Waals surface area contributed by atoms with E-state index in [9.17, 15) is 0 Å². The number of aryl methyl sites for hydroxylation is 4. The van der Waals surface area contributed by atoms with E-state index in [-0.39, 0.29) is 15.9 Å². The Bertz CT molecular complexity index is 2990. The Morgan fingerprint density at radius 1 is 0.282 bits per heavy atom. The van der Waals surface area contributed by atoms with Crippen LogP contribution >= 0.6 is 34.8 Å². The molecule has 0 saturated carbocycles. The predicted octanol–water partition coefficient (Wildman–Crippen LogP) is 16.8. The Morgan fingerprint density at radius 3 is 0.859 bits per heavy atom. The van der Waals surface area contributed by atoms with Crippen molar-refractivity contribution in [3.63, 3.8) is 0 Å². The molecule has 10 nitrogen and oxygen atoms in total. The Labute approximate surface area is 429 Å². The maximum absolute atomic E-state index is 5.32. The van der Waals surface area contributed by atoms with E-state index in [0.29, 0.717) is 17.8 Å². The van der Waals surface area contributed by atoms with Crippen LogP contribution in [0.15, 0.2) is 218 Å². The number of benzene rings is 8. The van der Waals surface area contributed by atoms with Crippen LogP contribution < -0.4 is 20.0 Å². The highest BCUT2D eigenvalue weighted by Gasteiger charge is 2.26. The quantitative estimate of drug-likeness (QED) is 0.135. The minimum atomic E-state index is 0.000000000000000444. The van der Waals surface area contributed by atoms with Gasteiger partial charge in [-0.1, -0.05) is 121 Å². The summed E-state index contributed by atoms with van der Waals surface area (Å²) in [4.78, 5) is 32.5. The molecule has 0 aliphatic heterocycles. The Morgan fingerprint density at radius 2 is 0.549 bits per heavy atom. The van der Waals surface area contributed by atoms with Gasteiger partial charge in [0.1, 0.15) is 0 Å². The van der Waals surface area contributed by atoms with E-state index in [2.05, 4.69) is 208 Å². The highest BCUT2D eigenvalue weighted by Crippen LogP contribution is 2.40. The number of nitrogens with one attached hydrogen (secondary N) is 1. The summed E-state index contributed by atoms with van der Waals surface area (Å²) in [5, 5.41) is 3.34. The number of hydrogen-bond donors (Lipinski definition) is 1. The summed E-state index contributed by atoms with van der Waals surface area (Å²) < 4.78 is 0. The van der Waals surface area contributed by atoms with Crippen molar-refractivity contribution in [2.75, 3.05) is 20.0 Å². The minimum Gasteiger partial charge on any atom is -0.356 e. The van der Waals surface area contributed by atoms with E-state index >= 15 is 0 Å². The fraction of sp³-hybridized carbons (Fsp3) is 0.0690. The van der Waals surface area contributed by atoms with Crippen molar-refractivity contribution in [2.45, 2.75) is 27.7 Å².